The smallest absolute Gasteiger partial charge is 0.225 e. The van der Waals surface area contributed by atoms with Crippen molar-refractivity contribution in [3.63, 3.8) is 0 Å². The van der Waals surface area contributed by atoms with Crippen LogP contribution in [0.5, 0.6) is 0 Å². The number of amides is 1. The standard InChI is InChI=1S/C19H38N4O3.HI/c1-5-20-18(23-11-10-21-17(24)19(2,3)4)22-9-6-12-26-15-16-7-13-25-14-8-16;/h16H,5-15H2,1-4H3,(H,21,24)(H2,20,22,23);1H. The Morgan fingerprint density at radius 1 is 1.15 bits per heavy atom. The van der Waals surface area contributed by atoms with Crippen LogP contribution in [0.25, 0.3) is 0 Å². The van der Waals surface area contributed by atoms with E-state index in [4.69, 9.17) is 9.47 Å². The minimum Gasteiger partial charge on any atom is -0.381 e. The molecule has 0 aromatic carbocycles. The van der Waals surface area contributed by atoms with E-state index in [1.807, 2.05) is 27.7 Å². The maximum absolute atomic E-state index is 11.8. The molecular formula is C19H39IN4O3. The lowest BCUT2D eigenvalue weighted by Gasteiger charge is -2.21. The zero-order valence-electron chi connectivity index (χ0n) is 17.4. The highest BCUT2D eigenvalue weighted by Crippen LogP contribution is 2.14. The molecule has 0 atom stereocenters. The number of guanidine groups is 1. The molecule has 0 aromatic heterocycles. The second-order valence-electron chi connectivity index (χ2n) is 7.68. The van der Waals surface area contributed by atoms with Gasteiger partial charge in [-0.1, -0.05) is 20.8 Å². The number of hydrogen-bond donors (Lipinski definition) is 3. The van der Waals surface area contributed by atoms with Crippen LogP contribution in [0.15, 0.2) is 4.99 Å². The number of nitrogens with one attached hydrogen (secondary N) is 3. The molecule has 0 spiro atoms. The second kappa shape index (κ2) is 15.3. The van der Waals surface area contributed by atoms with E-state index >= 15 is 0 Å². The Hall–Kier alpha value is -0.610. The van der Waals surface area contributed by atoms with Gasteiger partial charge < -0.3 is 25.4 Å². The van der Waals surface area contributed by atoms with Gasteiger partial charge in [0, 0.05) is 58.0 Å². The third-order valence-electron chi connectivity index (χ3n) is 4.14. The zero-order chi connectivity index (χ0) is 19.3. The van der Waals surface area contributed by atoms with Gasteiger partial charge in [-0.25, -0.2) is 0 Å². The first-order valence-electron chi connectivity index (χ1n) is 9.89. The molecule has 0 radical (unpaired) electrons. The second-order valence-corrected chi connectivity index (χ2v) is 7.68. The molecule has 1 heterocycles. The Kier molecular flexibility index (Phi) is 15.0. The van der Waals surface area contributed by atoms with Crippen molar-refractivity contribution in [3.8, 4) is 0 Å². The number of carbonyl (C=O) groups excluding carboxylic acids is 1. The Morgan fingerprint density at radius 3 is 2.44 bits per heavy atom. The molecule has 1 aliphatic heterocycles. The summed E-state index contributed by atoms with van der Waals surface area (Å²) in [6, 6.07) is 0. The number of ether oxygens (including phenoxy) is 2. The van der Waals surface area contributed by atoms with Gasteiger partial charge in [0.25, 0.3) is 0 Å². The highest BCUT2D eigenvalue weighted by molar-refractivity contribution is 14.0. The van der Waals surface area contributed by atoms with Gasteiger partial charge in [-0.3, -0.25) is 9.79 Å². The van der Waals surface area contributed by atoms with Gasteiger partial charge in [-0.05, 0) is 32.1 Å². The molecule has 0 unspecified atom stereocenters. The van der Waals surface area contributed by atoms with Gasteiger partial charge in [0.15, 0.2) is 5.96 Å². The predicted octanol–water partition coefficient (Wildman–Crippen LogP) is 2.16. The number of rotatable bonds is 10. The van der Waals surface area contributed by atoms with Crippen molar-refractivity contribution < 1.29 is 14.3 Å². The highest BCUT2D eigenvalue weighted by Gasteiger charge is 2.20. The molecular weight excluding hydrogens is 459 g/mol. The minimum absolute atomic E-state index is 0. The maximum Gasteiger partial charge on any atom is 0.225 e. The summed E-state index contributed by atoms with van der Waals surface area (Å²) in [6.45, 7) is 13.8. The molecule has 8 heteroatoms. The van der Waals surface area contributed by atoms with Crippen LogP contribution in [0.3, 0.4) is 0 Å². The minimum atomic E-state index is -0.358. The quantitative estimate of drug-likeness (QED) is 0.186. The van der Waals surface area contributed by atoms with E-state index in [1.54, 1.807) is 0 Å². The van der Waals surface area contributed by atoms with Crippen LogP contribution < -0.4 is 16.0 Å². The molecule has 0 saturated carbocycles. The Labute approximate surface area is 181 Å². The molecule has 1 amide bonds. The van der Waals surface area contributed by atoms with Crippen molar-refractivity contribution in [2.75, 3.05) is 52.6 Å². The number of carbonyl (C=O) groups is 1. The van der Waals surface area contributed by atoms with Crippen LogP contribution in [0.1, 0.15) is 47.0 Å². The lowest BCUT2D eigenvalue weighted by Crippen LogP contribution is -2.43. The molecule has 0 aromatic rings. The van der Waals surface area contributed by atoms with Crippen LogP contribution >= 0.6 is 24.0 Å². The normalized spacial score (nSPS) is 15.8. The topological polar surface area (TPSA) is 84.0 Å². The highest BCUT2D eigenvalue weighted by atomic mass is 127. The lowest BCUT2D eigenvalue weighted by atomic mass is 9.96. The largest absolute Gasteiger partial charge is 0.381 e. The van der Waals surface area contributed by atoms with Gasteiger partial charge in [-0.15, -0.1) is 24.0 Å². The predicted molar refractivity (Wildman–Crippen MR) is 121 cm³/mol. The van der Waals surface area contributed by atoms with Crippen LogP contribution in [-0.4, -0.2) is 64.5 Å². The Bertz CT molecular complexity index is 422. The van der Waals surface area contributed by atoms with Gasteiger partial charge >= 0.3 is 0 Å². The summed E-state index contributed by atoms with van der Waals surface area (Å²) in [4.78, 5) is 16.4. The number of halogens is 1. The van der Waals surface area contributed by atoms with E-state index < -0.39 is 0 Å². The van der Waals surface area contributed by atoms with E-state index in [2.05, 4.69) is 20.9 Å². The molecule has 7 nitrogen and oxygen atoms in total. The van der Waals surface area contributed by atoms with E-state index in [0.717, 1.165) is 64.7 Å². The summed E-state index contributed by atoms with van der Waals surface area (Å²) >= 11 is 0. The maximum atomic E-state index is 11.8. The van der Waals surface area contributed by atoms with Crippen molar-refractivity contribution in [1.82, 2.24) is 16.0 Å². The van der Waals surface area contributed by atoms with E-state index in [1.165, 1.54) is 0 Å². The van der Waals surface area contributed by atoms with Crippen LogP contribution in [0, 0.1) is 11.3 Å². The average molecular weight is 498 g/mol. The lowest BCUT2D eigenvalue weighted by molar-refractivity contribution is -0.128. The summed E-state index contributed by atoms with van der Waals surface area (Å²) in [5, 5.41) is 9.38. The third-order valence-corrected chi connectivity index (χ3v) is 4.14. The molecule has 1 fully saturated rings. The fourth-order valence-electron chi connectivity index (χ4n) is 2.48. The zero-order valence-corrected chi connectivity index (χ0v) is 19.8. The van der Waals surface area contributed by atoms with Gasteiger partial charge in [0.2, 0.25) is 5.91 Å². The molecule has 0 aliphatic carbocycles. The van der Waals surface area contributed by atoms with E-state index in [0.29, 0.717) is 19.0 Å². The first kappa shape index (κ1) is 26.4. The first-order valence-corrected chi connectivity index (χ1v) is 9.89. The van der Waals surface area contributed by atoms with Gasteiger partial charge in [-0.2, -0.15) is 0 Å². The van der Waals surface area contributed by atoms with E-state index in [9.17, 15) is 4.79 Å². The molecule has 27 heavy (non-hydrogen) atoms. The number of hydrogen-bond acceptors (Lipinski definition) is 4. The molecule has 1 aliphatic rings. The van der Waals surface area contributed by atoms with E-state index in [-0.39, 0.29) is 35.3 Å². The monoisotopic (exact) mass is 498 g/mol. The first-order chi connectivity index (χ1) is 12.4. The van der Waals surface area contributed by atoms with Crippen LogP contribution in [0.4, 0.5) is 0 Å². The summed E-state index contributed by atoms with van der Waals surface area (Å²) in [6.07, 6.45) is 3.12. The number of aliphatic imine (C=N–C) groups is 1. The van der Waals surface area contributed by atoms with Crippen molar-refractivity contribution in [1.29, 1.82) is 0 Å². The van der Waals surface area contributed by atoms with Crippen molar-refractivity contribution in [3.05, 3.63) is 0 Å². The summed E-state index contributed by atoms with van der Waals surface area (Å²) in [5.74, 6) is 1.49. The molecule has 160 valence electrons. The van der Waals surface area contributed by atoms with Crippen molar-refractivity contribution in [2.45, 2.75) is 47.0 Å². The molecule has 0 bridgehead atoms. The SMILES string of the molecule is CCNC(=NCCCOCC1CCOCC1)NCCNC(=O)C(C)(C)C.I. The fraction of sp³-hybridized carbons (Fsp3) is 0.895. The van der Waals surface area contributed by atoms with Crippen molar-refractivity contribution >= 4 is 35.8 Å². The number of nitrogens with zero attached hydrogens (tertiary/aromatic N) is 1. The summed E-state index contributed by atoms with van der Waals surface area (Å²) in [7, 11) is 0. The molecule has 1 rings (SSSR count). The summed E-state index contributed by atoms with van der Waals surface area (Å²) in [5.41, 5.74) is -0.358. The fourth-order valence-corrected chi connectivity index (χ4v) is 2.48. The molecule has 3 N–H and O–H groups in total. The molecule has 1 saturated heterocycles. The van der Waals surface area contributed by atoms with Gasteiger partial charge in [0.05, 0.1) is 0 Å². The third kappa shape index (κ3) is 13.2. The van der Waals surface area contributed by atoms with Crippen LogP contribution in [-0.2, 0) is 14.3 Å². The average Bonchev–Trinajstić information content (AvgIpc) is 2.61. The summed E-state index contributed by atoms with van der Waals surface area (Å²) < 4.78 is 11.1. The Morgan fingerprint density at radius 2 is 1.81 bits per heavy atom. The van der Waals surface area contributed by atoms with Gasteiger partial charge in [0.1, 0.15) is 0 Å². The van der Waals surface area contributed by atoms with Crippen LogP contribution in [0.2, 0.25) is 0 Å². The Balaban J connectivity index is 0.00000676. The van der Waals surface area contributed by atoms with Crippen molar-refractivity contribution in [2.24, 2.45) is 16.3 Å².